The molecule has 0 spiro atoms. The summed E-state index contributed by atoms with van der Waals surface area (Å²) in [6.45, 7) is 0. The summed E-state index contributed by atoms with van der Waals surface area (Å²) in [4.78, 5) is 0.0901. The molecular formula is C24H24ClNO6S. The van der Waals surface area contributed by atoms with Crippen molar-refractivity contribution >= 4 is 39.5 Å². The molecule has 0 saturated carbocycles. The van der Waals surface area contributed by atoms with Crippen LogP contribution in [0.2, 0.25) is 5.02 Å². The third kappa shape index (κ3) is 5.71. The maximum atomic E-state index is 12.8. The fraction of sp³-hybridized carbons (Fsp3) is 0.167. The van der Waals surface area contributed by atoms with Crippen molar-refractivity contribution in [3.05, 3.63) is 70.7 Å². The van der Waals surface area contributed by atoms with E-state index in [0.717, 1.165) is 11.1 Å². The van der Waals surface area contributed by atoms with E-state index in [1.54, 1.807) is 33.5 Å². The summed E-state index contributed by atoms with van der Waals surface area (Å²) in [5.41, 5.74) is 1.86. The highest BCUT2D eigenvalue weighted by molar-refractivity contribution is 7.92. The van der Waals surface area contributed by atoms with E-state index < -0.39 is 10.0 Å². The smallest absolute Gasteiger partial charge is 0.262 e. The first kappa shape index (κ1) is 24.3. The standard InChI is InChI=1S/C24H24ClNO6S/c1-29-21-12-7-16(5-6-17-14-22(30-2)24(32-4)23(15-17)31-3)13-20(21)26-33(27,28)19-10-8-18(25)9-11-19/h5-15,26H,1-4H3/b6-5-/i19+0. The SMILES string of the molecule is COc1ccc(/C=C\c2cc(OC)c(OC)c(OC)c2)cc1NS(=O)(=O)[12c]1ccc(Cl)cc1. The number of nitrogens with one attached hydrogen (secondary N) is 1. The lowest BCUT2D eigenvalue weighted by Crippen LogP contribution is -2.13. The predicted molar refractivity (Wildman–Crippen MR) is 130 cm³/mol. The van der Waals surface area contributed by atoms with Crippen LogP contribution in [0.25, 0.3) is 12.2 Å². The zero-order valence-corrected chi connectivity index (χ0v) is 20.2. The molecule has 0 radical (unpaired) electrons. The minimum absolute atomic E-state index is 0.0901. The summed E-state index contributed by atoms with van der Waals surface area (Å²) < 4.78 is 49.6. The number of hydrogen-bond acceptors (Lipinski definition) is 6. The Morgan fingerprint density at radius 1 is 0.727 bits per heavy atom. The number of hydrogen-bond donors (Lipinski definition) is 1. The average molecular weight is 490 g/mol. The molecule has 0 heterocycles. The van der Waals surface area contributed by atoms with Gasteiger partial charge in [0.15, 0.2) is 11.5 Å². The summed E-state index contributed by atoms with van der Waals surface area (Å²) >= 11 is 5.87. The molecule has 3 aromatic rings. The van der Waals surface area contributed by atoms with Gasteiger partial charge in [0.25, 0.3) is 10.0 Å². The van der Waals surface area contributed by atoms with E-state index in [0.29, 0.717) is 33.7 Å². The van der Waals surface area contributed by atoms with Gasteiger partial charge in [0.2, 0.25) is 5.75 Å². The van der Waals surface area contributed by atoms with Crippen LogP contribution in [-0.2, 0) is 10.0 Å². The number of rotatable bonds is 9. The Hall–Kier alpha value is -3.36. The molecular weight excluding hydrogens is 466 g/mol. The normalized spacial score (nSPS) is 11.3. The van der Waals surface area contributed by atoms with Crippen molar-refractivity contribution in [3.8, 4) is 23.0 Å². The van der Waals surface area contributed by atoms with Crippen LogP contribution >= 0.6 is 11.6 Å². The van der Waals surface area contributed by atoms with Crippen LogP contribution in [-0.4, -0.2) is 36.9 Å². The molecule has 0 unspecified atom stereocenters. The largest absolute Gasteiger partial charge is 0.495 e. The van der Waals surface area contributed by atoms with Crippen molar-refractivity contribution in [2.75, 3.05) is 33.2 Å². The number of benzene rings is 3. The van der Waals surface area contributed by atoms with E-state index in [1.165, 1.54) is 31.4 Å². The van der Waals surface area contributed by atoms with Crippen LogP contribution in [0.4, 0.5) is 5.69 Å². The Bertz CT molecular complexity index is 1230. The third-order valence-corrected chi connectivity index (χ3v) is 6.38. The fourth-order valence-corrected chi connectivity index (χ4v) is 4.30. The maximum absolute atomic E-state index is 12.8. The van der Waals surface area contributed by atoms with Crippen LogP contribution in [0, 0.1) is 0 Å². The van der Waals surface area contributed by atoms with Gasteiger partial charge in [-0.25, -0.2) is 8.42 Å². The lowest BCUT2D eigenvalue weighted by atomic mass is 10.1. The van der Waals surface area contributed by atoms with Crippen LogP contribution in [0.3, 0.4) is 0 Å². The molecule has 1 N–H and O–H groups in total. The van der Waals surface area contributed by atoms with E-state index in [1.807, 2.05) is 30.4 Å². The Labute approximate surface area is 198 Å². The van der Waals surface area contributed by atoms with Crippen molar-refractivity contribution in [1.29, 1.82) is 0 Å². The van der Waals surface area contributed by atoms with E-state index in [-0.39, 0.29) is 4.90 Å². The van der Waals surface area contributed by atoms with Gasteiger partial charge in [-0.2, -0.15) is 0 Å². The first-order valence-electron chi connectivity index (χ1n) is 9.75. The molecule has 33 heavy (non-hydrogen) atoms. The van der Waals surface area contributed by atoms with Gasteiger partial charge in [0.1, 0.15) is 5.75 Å². The molecule has 0 aliphatic rings. The molecule has 7 nitrogen and oxygen atoms in total. The van der Waals surface area contributed by atoms with Gasteiger partial charge >= 0.3 is 0 Å². The summed E-state index contributed by atoms with van der Waals surface area (Å²) in [5, 5.41) is 0.449. The van der Waals surface area contributed by atoms with Gasteiger partial charge in [0.05, 0.1) is 39.0 Å². The van der Waals surface area contributed by atoms with E-state index in [2.05, 4.69) is 4.72 Å². The second-order valence-electron chi connectivity index (χ2n) is 6.81. The van der Waals surface area contributed by atoms with Gasteiger partial charge in [0, 0.05) is 5.02 Å². The van der Waals surface area contributed by atoms with E-state index in [9.17, 15) is 8.42 Å². The molecule has 3 rings (SSSR count). The van der Waals surface area contributed by atoms with Gasteiger partial charge < -0.3 is 18.9 Å². The topological polar surface area (TPSA) is 83.1 Å². The van der Waals surface area contributed by atoms with Gasteiger partial charge in [-0.1, -0.05) is 29.8 Å². The molecule has 9 heteroatoms. The highest BCUT2D eigenvalue weighted by Gasteiger charge is 2.17. The number of methoxy groups -OCH3 is 4. The second-order valence-corrected chi connectivity index (χ2v) is 8.93. The molecule has 0 amide bonds. The monoisotopic (exact) mass is 489 g/mol. The lowest BCUT2D eigenvalue weighted by molar-refractivity contribution is 0.324. The molecule has 0 bridgehead atoms. The van der Waals surface area contributed by atoms with E-state index >= 15 is 0 Å². The van der Waals surface area contributed by atoms with Crippen molar-refractivity contribution < 1.29 is 27.4 Å². The molecule has 0 aliphatic carbocycles. The highest BCUT2D eigenvalue weighted by atomic mass is 35.5. The minimum atomic E-state index is -3.83. The average Bonchev–Trinajstić information content (AvgIpc) is 2.82. The van der Waals surface area contributed by atoms with Crippen LogP contribution in [0.15, 0.2) is 59.5 Å². The fourth-order valence-electron chi connectivity index (χ4n) is 3.12. The predicted octanol–water partition coefficient (Wildman–Crippen LogP) is 5.35. The van der Waals surface area contributed by atoms with Gasteiger partial charge in [-0.05, 0) is 59.7 Å². The molecule has 0 aromatic heterocycles. The van der Waals surface area contributed by atoms with Crippen LogP contribution in [0.5, 0.6) is 23.0 Å². The zero-order valence-electron chi connectivity index (χ0n) is 18.6. The van der Waals surface area contributed by atoms with E-state index in [4.69, 9.17) is 30.5 Å². The van der Waals surface area contributed by atoms with Crippen LogP contribution < -0.4 is 23.7 Å². The third-order valence-electron chi connectivity index (χ3n) is 4.75. The van der Waals surface area contributed by atoms with Crippen LogP contribution in [0.1, 0.15) is 11.1 Å². The molecule has 3 aromatic carbocycles. The van der Waals surface area contributed by atoms with Crippen molar-refractivity contribution in [2.24, 2.45) is 0 Å². The summed E-state index contributed by atoms with van der Waals surface area (Å²) in [6.07, 6.45) is 3.68. The Balaban J connectivity index is 1.93. The number of halogens is 1. The van der Waals surface area contributed by atoms with Crippen molar-refractivity contribution in [1.82, 2.24) is 0 Å². The number of anilines is 1. The summed E-state index contributed by atoms with van der Waals surface area (Å²) in [7, 11) is 2.28. The first-order valence-corrected chi connectivity index (χ1v) is 11.6. The quantitative estimate of drug-likeness (QED) is 0.408. The first-order chi connectivity index (χ1) is 15.8. The Kier molecular flexibility index (Phi) is 7.73. The van der Waals surface area contributed by atoms with Gasteiger partial charge in [-0.15, -0.1) is 0 Å². The molecule has 174 valence electrons. The number of ether oxygens (including phenoxy) is 4. The molecule has 0 aliphatic heterocycles. The summed E-state index contributed by atoms with van der Waals surface area (Å²) in [6, 6.07) is 14.7. The molecule has 0 saturated heterocycles. The Morgan fingerprint density at radius 2 is 1.30 bits per heavy atom. The highest BCUT2D eigenvalue weighted by Crippen LogP contribution is 2.38. The minimum Gasteiger partial charge on any atom is -0.495 e. The molecule has 0 fully saturated rings. The molecule has 0 atom stereocenters. The van der Waals surface area contributed by atoms with Crippen molar-refractivity contribution in [2.45, 2.75) is 4.90 Å². The van der Waals surface area contributed by atoms with Gasteiger partial charge in [-0.3, -0.25) is 4.72 Å². The van der Waals surface area contributed by atoms with Crippen molar-refractivity contribution in [3.63, 3.8) is 0 Å². The maximum Gasteiger partial charge on any atom is 0.262 e. The Morgan fingerprint density at radius 3 is 1.85 bits per heavy atom. The zero-order chi connectivity index (χ0) is 24.0. The second kappa shape index (κ2) is 10.5. The lowest BCUT2D eigenvalue weighted by Gasteiger charge is -2.13. The summed E-state index contributed by atoms with van der Waals surface area (Å²) in [5.74, 6) is 1.95. The number of sulfonamides is 1.